The second kappa shape index (κ2) is 9.76. The number of fused-ring (bicyclic) bond motifs is 1. The van der Waals surface area contributed by atoms with E-state index in [0.717, 1.165) is 23.3 Å². The van der Waals surface area contributed by atoms with Crippen molar-refractivity contribution in [1.29, 1.82) is 0 Å². The summed E-state index contributed by atoms with van der Waals surface area (Å²) in [6.45, 7) is 5.30. The van der Waals surface area contributed by atoms with Gasteiger partial charge in [-0.2, -0.15) is 4.31 Å². The Hall–Kier alpha value is -2.83. The third-order valence-electron chi connectivity index (χ3n) is 5.67. The summed E-state index contributed by atoms with van der Waals surface area (Å²) in [6.07, 6.45) is 1.56. The smallest absolute Gasteiger partial charge is 0.243 e. The molecule has 0 N–H and O–H groups in total. The minimum absolute atomic E-state index is 0.272. The molecule has 3 aromatic rings. The highest BCUT2D eigenvalue weighted by Gasteiger charge is 2.36. The lowest BCUT2D eigenvalue weighted by Crippen LogP contribution is -2.47. The number of hydrogen-bond donors (Lipinski definition) is 0. The Balaban J connectivity index is 1.56. The van der Waals surface area contributed by atoms with Crippen LogP contribution in [0.5, 0.6) is 11.5 Å². The predicted octanol–water partition coefficient (Wildman–Crippen LogP) is 4.98. The highest BCUT2D eigenvalue weighted by atomic mass is 32.2. The first-order chi connectivity index (χ1) is 15.5. The van der Waals surface area contributed by atoms with Gasteiger partial charge in [0.05, 0.1) is 17.5 Å². The van der Waals surface area contributed by atoms with E-state index >= 15 is 0 Å². The molecule has 0 bridgehead atoms. The second-order valence-corrected chi connectivity index (χ2v) is 10.0. The van der Waals surface area contributed by atoms with Crippen LogP contribution in [0.3, 0.4) is 0 Å². The Morgan fingerprint density at radius 2 is 1.50 bits per heavy atom. The van der Waals surface area contributed by atoms with Gasteiger partial charge in [-0.15, -0.1) is 0 Å². The Labute approximate surface area is 190 Å². The summed E-state index contributed by atoms with van der Waals surface area (Å²) in [5, 5.41) is 0. The number of aryl methyl sites for hydroxylation is 1. The van der Waals surface area contributed by atoms with Crippen molar-refractivity contribution in [1.82, 2.24) is 4.31 Å². The highest BCUT2D eigenvalue weighted by molar-refractivity contribution is 7.89. The monoisotopic (exact) mass is 451 g/mol. The van der Waals surface area contributed by atoms with E-state index in [9.17, 15) is 8.42 Å². The van der Waals surface area contributed by atoms with Crippen LogP contribution in [0.2, 0.25) is 0 Å². The maximum atomic E-state index is 13.5. The molecule has 0 saturated heterocycles. The molecule has 1 aliphatic heterocycles. The zero-order valence-electron chi connectivity index (χ0n) is 18.5. The lowest BCUT2D eigenvalue weighted by Gasteiger charge is -2.35. The van der Waals surface area contributed by atoms with Gasteiger partial charge >= 0.3 is 0 Å². The summed E-state index contributed by atoms with van der Waals surface area (Å²) in [7, 11) is -3.66. The van der Waals surface area contributed by atoms with E-state index in [0.29, 0.717) is 30.2 Å². The molecule has 4 rings (SSSR count). The van der Waals surface area contributed by atoms with Gasteiger partial charge in [-0.1, -0.05) is 48.9 Å². The van der Waals surface area contributed by atoms with Crippen molar-refractivity contribution in [3.05, 3.63) is 89.5 Å². The fourth-order valence-corrected chi connectivity index (χ4v) is 5.46. The van der Waals surface area contributed by atoms with Crippen molar-refractivity contribution >= 4 is 10.0 Å². The Morgan fingerprint density at radius 1 is 0.875 bits per heavy atom. The van der Waals surface area contributed by atoms with Gasteiger partial charge in [-0.25, -0.2) is 8.42 Å². The van der Waals surface area contributed by atoms with Crippen molar-refractivity contribution < 1.29 is 17.9 Å². The van der Waals surface area contributed by atoms with Gasteiger partial charge in [0.1, 0.15) is 18.1 Å². The normalized spacial score (nSPS) is 16.4. The maximum absolute atomic E-state index is 13.5. The molecule has 32 heavy (non-hydrogen) atoms. The van der Waals surface area contributed by atoms with Crippen molar-refractivity contribution in [3.63, 3.8) is 0 Å². The van der Waals surface area contributed by atoms with E-state index in [1.54, 1.807) is 16.4 Å². The summed E-state index contributed by atoms with van der Waals surface area (Å²) in [4.78, 5) is 0.310. The summed E-state index contributed by atoms with van der Waals surface area (Å²) in [5.74, 6) is 1.50. The molecule has 1 heterocycles. The van der Waals surface area contributed by atoms with E-state index in [2.05, 4.69) is 13.0 Å². The van der Waals surface area contributed by atoms with Gasteiger partial charge in [0.15, 0.2) is 0 Å². The van der Waals surface area contributed by atoms with Crippen molar-refractivity contribution in [3.8, 4) is 11.5 Å². The molecule has 0 saturated carbocycles. The molecule has 0 aromatic heterocycles. The largest absolute Gasteiger partial charge is 0.494 e. The van der Waals surface area contributed by atoms with Gasteiger partial charge in [-0.05, 0) is 67.3 Å². The highest BCUT2D eigenvalue weighted by Crippen LogP contribution is 2.30. The zero-order valence-corrected chi connectivity index (χ0v) is 19.3. The van der Waals surface area contributed by atoms with Crippen LogP contribution in [0.4, 0.5) is 0 Å². The van der Waals surface area contributed by atoms with Crippen molar-refractivity contribution in [2.45, 2.75) is 44.2 Å². The molecule has 0 radical (unpaired) electrons. The number of rotatable bonds is 8. The summed E-state index contributed by atoms with van der Waals surface area (Å²) in [5.41, 5.74) is 3.23. The van der Waals surface area contributed by atoms with Gasteiger partial charge in [-0.3, -0.25) is 0 Å². The lowest BCUT2D eigenvalue weighted by atomic mass is 9.96. The molecular weight excluding hydrogens is 422 g/mol. The first-order valence-corrected chi connectivity index (χ1v) is 12.4. The van der Waals surface area contributed by atoms with E-state index in [4.69, 9.17) is 9.47 Å². The molecule has 168 valence electrons. The predicted molar refractivity (Wildman–Crippen MR) is 126 cm³/mol. The average Bonchev–Trinajstić information content (AvgIpc) is 2.81. The molecule has 0 fully saturated rings. The topological polar surface area (TPSA) is 55.8 Å². The van der Waals surface area contributed by atoms with Crippen LogP contribution in [-0.2, 0) is 23.0 Å². The Bertz CT molecular complexity index is 1140. The SMILES string of the molecule is CCCOc1ccc(OC[C@@H]2Cc3ccccc3CN2S(=O)(=O)c2ccc(C)cc2)cc1. The molecular formula is C26H29NO4S. The molecule has 1 aliphatic rings. The fourth-order valence-electron chi connectivity index (χ4n) is 3.88. The average molecular weight is 452 g/mol. The van der Waals surface area contributed by atoms with E-state index in [1.165, 1.54) is 5.56 Å². The summed E-state index contributed by atoms with van der Waals surface area (Å²) >= 11 is 0. The molecule has 5 nitrogen and oxygen atoms in total. The Kier molecular flexibility index (Phi) is 6.82. The minimum atomic E-state index is -3.66. The zero-order chi connectivity index (χ0) is 22.6. The third-order valence-corrected chi connectivity index (χ3v) is 7.59. The maximum Gasteiger partial charge on any atom is 0.243 e. The van der Waals surface area contributed by atoms with Gasteiger partial charge in [0, 0.05) is 6.54 Å². The molecule has 1 atom stereocenters. The van der Waals surface area contributed by atoms with Crippen LogP contribution in [-0.4, -0.2) is 32.0 Å². The van der Waals surface area contributed by atoms with Crippen molar-refractivity contribution in [2.75, 3.05) is 13.2 Å². The first-order valence-electron chi connectivity index (χ1n) is 11.0. The molecule has 3 aromatic carbocycles. The van der Waals surface area contributed by atoms with Crippen molar-refractivity contribution in [2.24, 2.45) is 0 Å². The molecule has 0 spiro atoms. The van der Waals surface area contributed by atoms with Crippen LogP contribution >= 0.6 is 0 Å². The third kappa shape index (κ3) is 4.97. The number of ether oxygens (including phenoxy) is 2. The summed E-state index contributed by atoms with van der Waals surface area (Å²) < 4.78 is 40.3. The standard InChI is InChI=1S/C26H29NO4S/c1-3-16-30-24-10-12-25(13-11-24)31-19-23-17-21-6-4-5-7-22(21)18-27(23)32(28,29)26-14-8-20(2)9-15-26/h4-15,23H,3,16-19H2,1-2H3/t23-/m0/s1. The first kappa shape index (κ1) is 22.4. The summed E-state index contributed by atoms with van der Waals surface area (Å²) in [6, 6.07) is 22.2. The quantitative estimate of drug-likeness (QED) is 0.485. The molecule has 0 aliphatic carbocycles. The molecule has 0 amide bonds. The minimum Gasteiger partial charge on any atom is -0.494 e. The molecule has 0 unspecified atom stereocenters. The van der Waals surface area contributed by atoms with Crippen LogP contribution in [0.25, 0.3) is 0 Å². The molecule has 6 heteroatoms. The Morgan fingerprint density at radius 3 is 2.16 bits per heavy atom. The number of nitrogens with zero attached hydrogens (tertiary/aromatic N) is 1. The van der Waals surface area contributed by atoms with Gasteiger partial charge < -0.3 is 9.47 Å². The van der Waals surface area contributed by atoms with Crippen LogP contribution in [0, 0.1) is 6.92 Å². The van der Waals surface area contributed by atoms with E-state index in [1.807, 2.05) is 61.5 Å². The van der Waals surface area contributed by atoms with Crippen LogP contribution < -0.4 is 9.47 Å². The van der Waals surface area contributed by atoms with Crippen LogP contribution in [0.1, 0.15) is 30.0 Å². The lowest BCUT2D eigenvalue weighted by molar-refractivity contribution is 0.189. The van der Waals surface area contributed by atoms with E-state index in [-0.39, 0.29) is 12.6 Å². The number of benzene rings is 3. The fraction of sp³-hybridized carbons (Fsp3) is 0.308. The van der Waals surface area contributed by atoms with Gasteiger partial charge in [0.25, 0.3) is 0 Å². The number of hydrogen-bond acceptors (Lipinski definition) is 4. The van der Waals surface area contributed by atoms with E-state index < -0.39 is 10.0 Å². The second-order valence-electron chi connectivity index (χ2n) is 8.12. The van der Waals surface area contributed by atoms with Crippen LogP contribution in [0.15, 0.2) is 77.7 Å². The van der Waals surface area contributed by atoms with Gasteiger partial charge in [0.2, 0.25) is 10.0 Å². The number of sulfonamides is 1.